The molecule has 0 saturated carbocycles. The minimum absolute atomic E-state index is 0.00175. The summed E-state index contributed by atoms with van der Waals surface area (Å²) in [6.45, 7) is 6.82. The molecule has 2 heterocycles. The van der Waals surface area contributed by atoms with E-state index < -0.39 is 0 Å². The van der Waals surface area contributed by atoms with Crippen molar-refractivity contribution < 1.29 is 19.8 Å². The molecule has 24 heavy (non-hydrogen) atoms. The topological polar surface area (TPSA) is 103 Å². The molecule has 5 N–H and O–H groups in total. The summed E-state index contributed by atoms with van der Waals surface area (Å²) in [5.74, 6) is 0.00175. The van der Waals surface area contributed by atoms with Crippen LogP contribution in [0.15, 0.2) is 11.3 Å². The lowest BCUT2D eigenvalue weighted by atomic mass is 10.1. The fourth-order valence-corrected chi connectivity index (χ4v) is 2.54. The van der Waals surface area contributed by atoms with Crippen LogP contribution in [0.4, 0.5) is 0 Å². The number of pyridine rings is 1. The van der Waals surface area contributed by atoms with Crippen molar-refractivity contribution in [1.29, 1.82) is 0 Å². The molecular formula is C15H24N5O3S+. The van der Waals surface area contributed by atoms with Crippen LogP contribution in [0, 0.1) is 6.92 Å². The van der Waals surface area contributed by atoms with Gasteiger partial charge in [-0.2, -0.15) is 5.10 Å². The van der Waals surface area contributed by atoms with Crippen LogP contribution >= 0.6 is 12.2 Å². The molecule has 0 bridgehead atoms. The van der Waals surface area contributed by atoms with Gasteiger partial charge in [0.05, 0.1) is 44.8 Å². The van der Waals surface area contributed by atoms with Crippen LogP contribution in [-0.4, -0.2) is 65.9 Å². The molecule has 1 saturated heterocycles. The van der Waals surface area contributed by atoms with E-state index in [1.165, 1.54) is 17.3 Å². The van der Waals surface area contributed by atoms with Crippen molar-refractivity contribution in [3.8, 4) is 5.75 Å². The fourth-order valence-electron chi connectivity index (χ4n) is 2.38. The average molecular weight is 354 g/mol. The Hall–Kier alpha value is -1.81. The van der Waals surface area contributed by atoms with Crippen molar-refractivity contribution >= 4 is 23.5 Å². The number of aliphatic hydroxyl groups excluding tert-OH is 1. The average Bonchev–Trinajstić information content (AvgIpc) is 2.60. The van der Waals surface area contributed by atoms with Gasteiger partial charge < -0.3 is 25.2 Å². The third-order valence-corrected chi connectivity index (χ3v) is 4.09. The molecule has 0 aromatic carbocycles. The molecule has 1 aromatic heterocycles. The van der Waals surface area contributed by atoms with Gasteiger partial charge in [-0.1, -0.05) is 0 Å². The van der Waals surface area contributed by atoms with Gasteiger partial charge in [0.25, 0.3) is 0 Å². The number of aromatic nitrogens is 1. The highest BCUT2D eigenvalue weighted by Crippen LogP contribution is 2.21. The predicted octanol–water partition coefficient (Wildman–Crippen LogP) is -1.70. The summed E-state index contributed by atoms with van der Waals surface area (Å²) in [6.07, 6.45) is 2.94. The Balaban J connectivity index is 1.79. The van der Waals surface area contributed by atoms with E-state index in [1.807, 2.05) is 0 Å². The highest BCUT2D eigenvalue weighted by molar-refractivity contribution is 7.80. The van der Waals surface area contributed by atoms with Gasteiger partial charge in [0.15, 0.2) is 5.11 Å². The van der Waals surface area contributed by atoms with Crippen molar-refractivity contribution in [2.24, 2.45) is 5.10 Å². The first-order chi connectivity index (χ1) is 11.6. The zero-order valence-electron chi connectivity index (χ0n) is 13.7. The number of hydrazone groups is 1. The third-order valence-electron chi connectivity index (χ3n) is 3.85. The van der Waals surface area contributed by atoms with Crippen LogP contribution in [0.3, 0.4) is 0 Å². The molecule has 0 amide bonds. The van der Waals surface area contributed by atoms with Crippen LogP contribution in [0.1, 0.15) is 16.8 Å². The van der Waals surface area contributed by atoms with E-state index in [0.29, 0.717) is 21.9 Å². The Morgan fingerprint density at radius 3 is 2.96 bits per heavy atom. The molecule has 1 aliphatic heterocycles. The molecule has 2 rings (SSSR count). The first-order valence-corrected chi connectivity index (χ1v) is 8.29. The lowest BCUT2D eigenvalue weighted by Crippen LogP contribution is -3.14. The third kappa shape index (κ3) is 5.38. The van der Waals surface area contributed by atoms with Gasteiger partial charge in [0.1, 0.15) is 18.8 Å². The summed E-state index contributed by atoms with van der Waals surface area (Å²) in [4.78, 5) is 5.49. The van der Waals surface area contributed by atoms with E-state index in [9.17, 15) is 10.2 Å². The minimum atomic E-state index is -0.229. The van der Waals surface area contributed by atoms with Crippen LogP contribution in [0.5, 0.6) is 5.75 Å². The molecule has 0 unspecified atom stereocenters. The number of nitrogens with one attached hydrogen (secondary N) is 3. The number of ether oxygens (including phenoxy) is 1. The molecule has 1 aromatic rings. The highest BCUT2D eigenvalue weighted by Gasteiger charge is 2.13. The second-order valence-electron chi connectivity index (χ2n) is 5.53. The van der Waals surface area contributed by atoms with E-state index in [4.69, 9.17) is 17.0 Å². The van der Waals surface area contributed by atoms with E-state index in [-0.39, 0.29) is 12.4 Å². The monoisotopic (exact) mass is 354 g/mol. The van der Waals surface area contributed by atoms with Gasteiger partial charge in [-0.05, 0) is 19.1 Å². The number of aryl methyl sites for hydroxylation is 1. The quantitative estimate of drug-likeness (QED) is 0.236. The van der Waals surface area contributed by atoms with Gasteiger partial charge in [-0.3, -0.25) is 10.4 Å². The van der Waals surface area contributed by atoms with E-state index >= 15 is 0 Å². The number of hydrogen-bond acceptors (Lipinski definition) is 6. The number of thiocarbonyl (C=S) groups is 1. The molecular weight excluding hydrogens is 330 g/mol. The lowest BCUT2D eigenvalue weighted by Gasteiger charge is -2.23. The molecule has 1 fully saturated rings. The fraction of sp³-hybridized carbons (Fsp3) is 0.533. The Kier molecular flexibility index (Phi) is 7.32. The van der Waals surface area contributed by atoms with Crippen molar-refractivity contribution in [1.82, 2.24) is 15.7 Å². The molecule has 9 heteroatoms. The summed E-state index contributed by atoms with van der Waals surface area (Å²) in [6, 6.07) is 0. The summed E-state index contributed by atoms with van der Waals surface area (Å²) in [5, 5.41) is 26.8. The Morgan fingerprint density at radius 2 is 2.25 bits per heavy atom. The molecule has 0 aliphatic carbocycles. The van der Waals surface area contributed by atoms with E-state index in [0.717, 1.165) is 39.4 Å². The van der Waals surface area contributed by atoms with Gasteiger partial charge in [0.2, 0.25) is 0 Å². The van der Waals surface area contributed by atoms with Crippen LogP contribution in [0.2, 0.25) is 0 Å². The molecule has 132 valence electrons. The van der Waals surface area contributed by atoms with Gasteiger partial charge in [0, 0.05) is 17.3 Å². The first-order valence-electron chi connectivity index (χ1n) is 7.88. The Labute approximate surface area is 146 Å². The number of rotatable bonds is 6. The zero-order chi connectivity index (χ0) is 17.4. The number of nitrogens with zero attached hydrogens (tertiary/aromatic N) is 2. The molecule has 1 aliphatic rings. The first kappa shape index (κ1) is 18.5. The van der Waals surface area contributed by atoms with Crippen LogP contribution in [-0.2, 0) is 11.3 Å². The second-order valence-corrected chi connectivity index (χ2v) is 5.94. The zero-order valence-corrected chi connectivity index (χ0v) is 14.5. The Morgan fingerprint density at radius 1 is 1.50 bits per heavy atom. The predicted molar refractivity (Wildman–Crippen MR) is 94.3 cm³/mol. The maximum Gasteiger partial charge on any atom is 0.187 e. The van der Waals surface area contributed by atoms with Crippen molar-refractivity contribution in [3.63, 3.8) is 0 Å². The number of hydrogen-bond donors (Lipinski definition) is 5. The van der Waals surface area contributed by atoms with E-state index in [1.54, 1.807) is 6.92 Å². The molecule has 8 nitrogen and oxygen atoms in total. The summed E-state index contributed by atoms with van der Waals surface area (Å²) < 4.78 is 5.32. The van der Waals surface area contributed by atoms with Crippen LogP contribution in [0.25, 0.3) is 0 Å². The van der Waals surface area contributed by atoms with Crippen molar-refractivity contribution in [2.75, 3.05) is 39.4 Å². The number of quaternary nitrogens is 1. The largest absolute Gasteiger partial charge is 0.505 e. The molecule has 0 spiro atoms. The smallest absolute Gasteiger partial charge is 0.187 e. The lowest BCUT2D eigenvalue weighted by molar-refractivity contribution is -0.906. The van der Waals surface area contributed by atoms with E-state index in [2.05, 4.69) is 20.8 Å². The maximum atomic E-state index is 10.0. The summed E-state index contributed by atoms with van der Waals surface area (Å²) in [5.41, 5.74) is 4.11. The standard InChI is InChI=1S/C15H23N5O3S/c1-11-14(22)13(12(10-21)8-17-11)9-18-19-15(24)16-2-3-20-4-6-23-7-5-20/h8-9,21-22H,2-7,10H2,1H3,(H2,16,19,24)/p+1/b18-9+. The molecule has 0 radical (unpaired) electrons. The number of aromatic hydroxyl groups is 1. The van der Waals surface area contributed by atoms with Crippen molar-refractivity contribution in [3.05, 3.63) is 23.0 Å². The van der Waals surface area contributed by atoms with Crippen LogP contribution < -0.4 is 15.6 Å². The van der Waals surface area contributed by atoms with Gasteiger partial charge in [-0.25, -0.2) is 0 Å². The normalized spacial score (nSPS) is 15.6. The van der Waals surface area contributed by atoms with Gasteiger partial charge >= 0.3 is 0 Å². The number of morpholine rings is 1. The second kappa shape index (κ2) is 9.48. The summed E-state index contributed by atoms with van der Waals surface area (Å²) in [7, 11) is 0. The highest BCUT2D eigenvalue weighted by atomic mass is 32.1. The molecule has 0 atom stereocenters. The van der Waals surface area contributed by atoms with Crippen molar-refractivity contribution in [2.45, 2.75) is 13.5 Å². The van der Waals surface area contributed by atoms with Gasteiger partial charge in [-0.15, -0.1) is 0 Å². The summed E-state index contributed by atoms with van der Waals surface area (Å²) >= 11 is 5.16. The maximum absolute atomic E-state index is 10.0. The minimum Gasteiger partial charge on any atom is -0.505 e. The Bertz CT molecular complexity index is 591. The SMILES string of the molecule is Cc1ncc(CO)c(/C=N/NC(=S)NCC[NH+]2CCOCC2)c1O. The number of aliphatic hydroxyl groups is 1.